The van der Waals surface area contributed by atoms with E-state index in [1.807, 2.05) is 117 Å². The Morgan fingerprint density at radius 3 is 0.979 bits per heavy atom. The molecule has 0 saturated carbocycles. The number of halogens is 27. The van der Waals surface area contributed by atoms with Crippen LogP contribution in [-0.2, 0) is 86.3 Å². The van der Waals surface area contributed by atoms with Gasteiger partial charge in [0.2, 0.25) is 0 Å². The number of rotatable bonds is 4. The van der Waals surface area contributed by atoms with E-state index in [9.17, 15) is 88.5 Å². The first-order chi connectivity index (χ1) is 41.3. The summed E-state index contributed by atoms with van der Waals surface area (Å²) in [6, 6.07) is 49.2. The summed E-state index contributed by atoms with van der Waals surface area (Å²) in [7, 11) is -16.3. The van der Waals surface area contributed by atoms with Gasteiger partial charge in [-0.25, -0.2) is 8.42 Å². The van der Waals surface area contributed by atoms with E-state index in [0.29, 0.717) is 44.3 Å². The van der Waals surface area contributed by atoms with Gasteiger partial charge in [0.05, 0.1) is 13.2 Å². The van der Waals surface area contributed by atoms with Crippen LogP contribution in [0.2, 0.25) is 0 Å². The minimum Gasteiger partial charge on any atom is -0.0619 e. The van der Waals surface area contributed by atoms with E-state index in [0.717, 1.165) is 50.5 Å². The first-order valence-electron chi connectivity index (χ1n) is 24.7. The van der Waals surface area contributed by atoms with Gasteiger partial charge in [-0.05, 0) is 187 Å². The van der Waals surface area contributed by atoms with Gasteiger partial charge in [-0.15, -0.1) is 0 Å². The quantitative estimate of drug-likeness (QED) is 0.0587. The third kappa shape index (κ3) is 84.6. The summed E-state index contributed by atoms with van der Waals surface area (Å²) in [5.74, 6) is 6.12. The second-order valence-corrected chi connectivity index (χ2v) is 32.6. The molecule has 2 heterocycles. The molecule has 46 heteroatoms. The number of phenols is 3. The molecule has 0 bridgehead atoms. The fraction of sp³-hybridized carbons (Fsp3) is 0.280. The van der Waals surface area contributed by atoms with Crippen LogP contribution in [0.5, 0.6) is 17.2 Å². The molecule has 0 radical (unpaired) electrons. The normalized spacial score (nSPS) is 12.6. The molecule has 0 amide bonds. The van der Waals surface area contributed by atoms with Crippen LogP contribution in [0.3, 0.4) is 0 Å². The molecule has 96 heavy (non-hydrogen) atoms. The van der Waals surface area contributed by atoms with E-state index >= 15 is 0 Å². The van der Waals surface area contributed by atoms with Crippen LogP contribution >= 0.6 is 0 Å². The van der Waals surface area contributed by atoms with E-state index in [1.54, 1.807) is 24.3 Å². The van der Waals surface area contributed by atoms with Gasteiger partial charge < -0.3 is 48.1 Å². The molecule has 0 aliphatic carbocycles. The zero-order chi connectivity index (χ0) is 71.5. The number of hydrogen-bond acceptors (Lipinski definition) is 7. The van der Waals surface area contributed by atoms with Crippen molar-refractivity contribution in [1.29, 1.82) is 0 Å². The molecular weight excluding hydrogens is 1680 g/mol. The van der Waals surface area contributed by atoms with Crippen LogP contribution in [0, 0.1) is 13.8 Å². The van der Waals surface area contributed by atoms with Crippen molar-refractivity contribution in [1.82, 2.24) is 0 Å². The number of aryl methyl sites for hydroxylation is 2. The number of aromatic hydroxyl groups is 3. The molecule has 8 rings (SSSR count). The van der Waals surface area contributed by atoms with Crippen molar-refractivity contribution in [2.75, 3.05) is 36.2 Å². The first-order valence-corrected chi connectivity index (χ1v) is 40.0. The number of phenolic OH excluding ortho intramolecular Hbond substituents is 3. The predicted molar refractivity (Wildman–Crippen MR) is 337 cm³/mol. The minimum atomic E-state index is -9.19. The van der Waals surface area contributed by atoms with Gasteiger partial charge in [-0.2, -0.15) is 13.2 Å². The van der Waals surface area contributed by atoms with Crippen LogP contribution in [0.15, 0.2) is 181 Å². The number of alkyl halides is 3. The summed E-state index contributed by atoms with van der Waals surface area (Å²) in [6.07, 6.45) is 2.76. The molecule has 2 saturated heterocycles. The van der Waals surface area contributed by atoms with Crippen molar-refractivity contribution in [2.45, 2.75) is 80.7 Å². The maximum atomic E-state index is 10.7. The van der Waals surface area contributed by atoms with Crippen molar-refractivity contribution in [3.05, 3.63) is 163 Å². The molecule has 556 valence electrons. The largest absolute Gasteiger partial charge is 0.150 e. The molecule has 6 aromatic rings. The van der Waals surface area contributed by atoms with Crippen molar-refractivity contribution < 1.29 is 140 Å². The minimum absolute atomic E-state index is 0. The van der Waals surface area contributed by atoms with E-state index in [1.165, 1.54) is 50.8 Å². The number of ether oxygens (including phenoxy) is 1. The van der Waals surface area contributed by atoms with Crippen LogP contribution < -0.4 is 23.5 Å². The van der Waals surface area contributed by atoms with E-state index < -0.39 is 73.4 Å². The number of benzene rings is 6. The standard InChI is InChI=1S/C12H16O2S.C10H12OS.C9H12OS.3C6H6S.CHF3O3S.AsF5.3BF3.10FH.Sb/c1-9-7-11(8-10(2)12(9)13)15-5-3-14-4-6-15;11-9-3-5-10(6-4-9)12-7-1-2-8-12;1-7(2)11-9-5-3-8(10)4-6-9;3*7-6-4-2-1-3-5-6;2-1(3,4)8(5,6)7;2-1(3,4,5)6;3*2-1(3)4;;;;;;;;;;;/h7-8H,3-6H2,1-2H3;3-6H,1-2,7-8H2;3-7,10H,1-2H3;3*1-5,7H;(H,5,6,7);;;;;10*1H;/q;;;;;;;;;;;;;;;;;;;;;+5/p-5. The number of hydrogen-bond donors (Lipinski definition) is 3. The molecule has 0 unspecified atom stereocenters. The molecule has 3 N–H and O–H groups in total. The smallest absolute Gasteiger partial charge is 0.0619 e. The molecule has 7 nitrogen and oxygen atoms in total. The molecule has 2 aliphatic rings. The van der Waals surface area contributed by atoms with Gasteiger partial charge in [0.25, 0.3) is 0 Å². The average Bonchev–Trinajstić information content (AvgIpc) is 0.889. The Balaban J connectivity index is -0.000000125. The van der Waals surface area contributed by atoms with Crippen molar-refractivity contribution in [3.8, 4) is 17.2 Å². The van der Waals surface area contributed by atoms with Gasteiger partial charge in [0.1, 0.15) is 60.2 Å². The van der Waals surface area contributed by atoms with Gasteiger partial charge in [0.15, 0.2) is 24.8 Å². The Kier molecular flexibility index (Phi) is 65.9. The van der Waals surface area contributed by atoms with Crippen molar-refractivity contribution in [2.24, 2.45) is 0 Å². The van der Waals surface area contributed by atoms with Gasteiger partial charge in [-0.1, -0.05) is 54.6 Å². The summed E-state index contributed by atoms with van der Waals surface area (Å²) in [5.41, 5.74) is -3.67. The average molecular weight is 1740 g/mol. The SMILES string of the molecule is CC(C)[SH+]c1ccc(O)cc1.Cc1cc([S+]2CCOCC2)cc(C)c1O.FB(F)F.FB(F)F.FB(F)F.F[As](F)(F)(F)F.O=S(=O)([O-])C(F)(F)F.Oc1ccc([S+]2CCCC2)cc1.[F-].[F-].[F-].[F-].[F-].[F][Sb]([F])([F])([F])[F].[SH2+]c1ccccc1.[SH2+]c1ccccc1.[SH2+]c1ccccc1. The van der Waals surface area contributed by atoms with E-state index in [4.69, 9.17) is 27.9 Å². The van der Waals surface area contributed by atoms with E-state index in [2.05, 4.69) is 76.0 Å². The summed E-state index contributed by atoms with van der Waals surface area (Å²) in [4.78, 5) is 7.45. The second kappa shape index (κ2) is 57.0. The maximum Gasteiger partial charge on any atom is 0.150 e. The Bertz CT molecular complexity index is 2720. The molecule has 6 aromatic carbocycles. The molecule has 0 spiro atoms. The molecule has 0 aromatic heterocycles. The second-order valence-electron chi connectivity index (χ2n) is 16.8. The molecule has 2 aliphatic heterocycles. The molecule has 2 fully saturated rings. The van der Waals surface area contributed by atoms with Crippen LogP contribution in [0.1, 0.15) is 37.8 Å². The molecule has 0 atom stereocenters. The maximum absolute atomic E-state index is 10.7. The van der Waals surface area contributed by atoms with Gasteiger partial charge >= 0.3 is 94.6 Å². The summed E-state index contributed by atoms with van der Waals surface area (Å²) < 4.78 is 250. The van der Waals surface area contributed by atoms with Crippen molar-refractivity contribution >= 4 is 139 Å². The van der Waals surface area contributed by atoms with Crippen molar-refractivity contribution in [3.63, 3.8) is 0 Å². The monoisotopic (exact) mass is 1740 g/mol. The number of thiol groups is 1. The molecular formula is C50H64AsB3F27O7S7Sb. The summed E-state index contributed by atoms with van der Waals surface area (Å²) in [5, 5.41) is 28.5. The zero-order valence-corrected chi connectivity index (χ0v) is 60.4. The Morgan fingerprint density at radius 1 is 0.521 bits per heavy atom. The summed E-state index contributed by atoms with van der Waals surface area (Å²) in [6.45, 7) is 10.0. The third-order valence-electron chi connectivity index (χ3n) is 8.81. The first kappa shape index (κ1) is 111. The summed E-state index contributed by atoms with van der Waals surface area (Å²) >= 11 is -6.79. The Morgan fingerprint density at radius 2 is 0.760 bits per heavy atom. The Hall–Kier alpha value is -3.63. The topological polar surface area (TPSA) is 127 Å². The predicted octanol–water partition coefficient (Wildman–Crippen LogP) is 0.476. The van der Waals surface area contributed by atoms with Gasteiger partial charge in [-0.3, -0.25) is 38.8 Å². The fourth-order valence-corrected chi connectivity index (χ4v) is 11.3. The van der Waals surface area contributed by atoms with Gasteiger partial charge in [0, 0.05) is 33.6 Å². The zero-order valence-electron chi connectivity index (χ0n) is 49.6. The van der Waals surface area contributed by atoms with E-state index in [-0.39, 0.29) is 23.5 Å². The fourth-order valence-electron chi connectivity index (χ4n) is 5.52. The van der Waals surface area contributed by atoms with Crippen LogP contribution in [0.4, 0.5) is 83.4 Å². The Labute approximate surface area is 572 Å². The van der Waals surface area contributed by atoms with Crippen LogP contribution in [-0.4, -0.2) is 133 Å². The third-order valence-corrected chi connectivity index (χ3v) is 16.2. The van der Waals surface area contributed by atoms with Crippen LogP contribution in [0.25, 0.3) is 0 Å².